The van der Waals surface area contributed by atoms with E-state index < -0.39 is 24.5 Å². The van der Waals surface area contributed by atoms with Crippen LogP contribution in [0.3, 0.4) is 0 Å². The van der Waals surface area contributed by atoms with E-state index in [2.05, 4.69) is 10.6 Å². The molecule has 1 heterocycles. The zero-order chi connectivity index (χ0) is 16.8. The number of esters is 1. The molecule has 0 spiro atoms. The van der Waals surface area contributed by atoms with Gasteiger partial charge < -0.3 is 10.1 Å². The number of carbonyl (C=O) groups is 3. The molecule has 0 saturated heterocycles. The van der Waals surface area contributed by atoms with Gasteiger partial charge in [-0.1, -0.05) is 12.1 Å². The highest BCUT2D eigenvalue weighted by Crippen LogP contribution is 2.17. The zero-order valence-electron chi connectivity index (χ0n) is 12.7. The normalized spacial score (nSPS) is 10.0. The molecule has 120 valence electrons. The fourth-order valence-electron chi connectivity index (χ4n) is 1.80. The highest BCUT2D eigenvalue weighted by atomic mass is 32.1. The Kier molecular flexibility index (Phi) is 5.48. The summed E-state index contributed by atoms with van der Waals surface area (Å²) in [6, 6.07) is 6.40. The Morgan fingerprint density at radius 3 is 2.65 bits per heavy atom. The Hall–Kier alpha value is -2.67. The third kappa shape index (κ3) is 4.65. The smallest absolute Gasteiger partial charge is 0.339 e. The van der Waals surface area contributed by atoms with Crippen LogP contribution in [0.4, 0.5) is 10.5 Å². The molecule has 0 unspecified atom stereocenters. The molecule has 0 aliphatic heterocycles. The number of hydrogen-bond acceptors (Lipinski definition) is 5. The number of thiophene rings is 1. The van der Waals surface area contributed by atoms with Crippen LogP contribution < -0.4 is 10.6 Å². The van der Waals surface area contributed by atoms with Crippen molar-refractivity contribution in [3.8, 4) is 0 Å². The summed E-state index contributed by atoms with van der Waals surface area (Å²) in [6.45, 7) is 3.28. The first-order valence-corrected chi connectivity index (χ1v) is 7.78. The molecule has 6 nitrogen and oxygen atoms in total. The van der Waals surface area contributed by atoms with Crippen molar-refractivity contribution in [3.63, 3.8) is 0 Å². The molecule has 23 heavy (non-hydrogen) atoms. The SMILES string of the molecule is Cc1cccc(NC(=O)NC(=O)COC(=O)c2ccsc2)c1C. The molecule has 2 N–H and O–H groups in total. The van der Waals surface area contributed by atoms with Gasteiger partial charge in [0, 0.05) is 11.1 Å². The summed E-state index contributed by atoms with van der Waals surface area (Å²) in [7, 11) is 0. The molecule has 0 bridgehead atoms. The van der Waals surface area contributed by atoms with E-state index in [0.29, 0.717) is 11.3 Å². The molecule has 2 aromatic rings. The van der Waals surface area contributed by atoms with Gasteiger partial charge >= 0.3 is 12.0 Å². The molecule has 7 heteroatoms. The zero-order valence-corrected chi connectivity index (χ0v) is 13.5. The van der Waals surface area contributed by atoms with Gasteiger partial charge in [-0.2, -0.15) is 11.3 Å². The van der Waals surface area contributed by atoms with Gasteiger partial charge in [-0.15, -0.1) is 0 Å². The van der Waals surface area contributed by atoms with E-state index >= 15 is 0 Å². The van der Waals surface area contributed by atoms with Crippen molar-refractivity contribution < 1.29 is 19.1 Å². The number of rotatable bonds is 4. The Morgan fingerprint density at radius 2 is 1.96 bits per heavy atom. The molecular formula is C16H16N2O4S. The van der Waals surface area contributed by atoms with Gasteiger partial charge in [0.25, 0.3) is 5.91 Å². The van der Waals surface area contributed by atoms with Gasteiger partial charge in [0.15, 0.2) is 6.61 Å². The Morgan fingerprint density at radius 1 is 1.17 bits per heavy atom. The predicted molar refractivity (Wildman–Crippen MR) is 87.7 cm³/mol. The Balaban J connectivity index is 1.82. The number of hydrogen-bond donors (Lipinski definition) is 2. The molecule has 0 aliphatic rings. The van der Waals surface area contributed by atoms with Crippen LogP contribution in [0.1, 0.15) is 21.5 Å². The molecule has 3 amide bonds. The van der Waals surface area contributed by atoms with Gasteiger partial charge in [0.2, 0.25) is 0 Å². The average molecular weight is 332 g/mol. The largest absolute Gasteiger partial charge is 0.452 e. The van der Waals surface area contributed by atoms with Crippen LogP contribution in [-0.2, 0) is 9.53 Å². The summed E-state index contributed by atoms with van der Waals surface area (Å²) < 4.78 is 4.82. The summed E-state index contributed by atoms with van der Waals surface area (Å²) in [5.74, 6) is -1.30. The van der Waals surface area contributed by atoms with Crippen molar-refractivity contribution >= 4 is 34.9 Å². The summed E-state index contributed by atoms with van der Waals surface area (Å²) in [4.78, 5) is 35.0. The second-order valence-electron chi connectivity index (χ2n) is 4.84. The van der Waals surface area contributed by atoms with Gasteiger partial charge in [-0.25, -0.2) is 9.59 Å². The number of carbonyl (C=O) groups excluding carboxylic acids is 3. The molecule has 2 rings (SSSR count). The average Bonchev–Trinajstić information content (AvgIpc) is 3.04. The van der Waals surface area contributed by atoms with Gasteiger partial charge in [0.1, 0.15) is 0 Å². The first-order chi connectivity index (χ1) is 11.0. The van der Waals surface area contributed by atoms with E-state index in [1.807, 2.05) is 26.0 Å². The van der Waals surface area contributed by atoms with Crippen molar-refractivity contribution in [2.75, 3.05) is 11.9 Å². The van der Waals surface area contributed by atoms with Crippen LogP contribution in [0.2, 0.25) is 0 Å². The third-order valence-electron chi connectivity index (χ3n) is 3.20. The van der Waals surface area contributed by atoms with Crippen LogP contribution in [0.15, 0.2) is 35.0 Å². The lowest BCUT2D eigenvalue weighted by atomic mass is 10.1. The van der Waals surface area contributed by atoms with Gasteiger partial charge in [-0.05, 0) is 42.5 Å². The standard InChI is InChI=1S/C16H16N2O4S/c1-10-4-3-5-13(11(10)2)17-16(21)18-14(19)8-22-15(20)12-6-7-23-9-12/h3-7,9H,8H2,1-2H3,(H2,17,18,19,21). The number of benzene rings is 1. The number of anilines is 1. The summed E-state index contributed by atoms with van der Waals surface area (Å²) in [6.07, 6.45) is 0. The number of nitrogens with one attached hydrogen (secondary N) is 2. The second-order valence-corrected chi connectivity index (χ2v) is 5.62. The van der Waals surface area contributed by atoms with E-state index in [-0.39, 0.29) is 0 Å². The van der Waals surface area contributed by atoms with Crippen LogP contribution in [0.5, 0.6) is 0 Å². The minimum atomic E-state index is -0.698. The number of imide groups is 1. The number of ether oxygens (including phenoxy) is 1. The molecule has 0 atom stereocenters. The minimum Gasteiger partial charge on any atom is -0.452 e. The molecule has 0 aliphatic carbocycles. The lowest BCUT2D eigenvalue weighted by Gasteiger charge is -2.10. The van der Waals surface area contributed by atoms with Gasteiger partial charge in [-0.3, -0.25) is 10.1 Å². The quantitative estimate of drug-likeness (QED) is 0.843. The fraction of sp³-hybridized carbons (Fsp3) is 0.188. The van der Waals surface area contributed by atoms with E-state index in [4.69, 9.17) is 4.74 Å². The van der Waals surface area contributed by atoms with E-state index in [9.17, 15) is 14.4 Å². The van der Waals surface area contributed by atoms with Crippen molar-refractivity contribution in [2.24, 2.45) is 0 Å². The second kappa shape index (κ2) is 7.55. The summed E-state index contributed by atoms with van der Waals surface area (Å²) in [5, 5.41) is 8.05. The highest BCUT2D eigenvalue weighted by molar-refractivity contribution is 7.08. The van der Waals surface area contributed by atoms with E-state index in [1.165, 1.54) is 11.3 Å². The van der Waals surface area contributed by atoms with Crippen molar-refractivity contribution in [1.29, 1.82) is 0 Å². The fourth-order valence-corrected chi connectivity index (χ4v) is 2.42. The number of urea groups is 1. The van der Waals surface area contributed by atoms with E-state index in [0.717, 1.165) is 11.1 Å². The number of aryl methyl sites for hydroxylation is 1. The summed E-state index contributed by atoms with van der Waals surface area (Å²) in [5.41, 5.74) is 2.94. The van der Waals surface area contributed by atoms with Crippen LogP contribution in [0.25, 0.3) is 0 Å². The van der Waals surface area contributed by atoms with Crippen LogP contribution >= 0.6 is 11.3 Å². The first-order valence-electron chi connectivity index (χ1n) is 6.83. The predicted octanol–water partition coefficient (Wildman–Crippen LogP) is 2.87. The molecule has 0 fully saturated rings. The Bertz CT molecular complexity index is 726. The van der Waals surface area contributed by atoms with Crippen LogP contribution in [-0.4, -0.2) is 24.5 Å². The maximum Gasteiger partial charge on any atom is 0.339 e. The monoisotopic (exact) mass is 332 g/mol. The maximum atomic E-state index is 11.8. The molecule has 1 aromatic carbocycles. The lowest BCUT2D eigenvalue weighted by Crippen LogP contribution is -2.37. The first kappa shape index (κ1) is 16.7. The van der Waals surface area contributed by atoms with Crippen LogP contribution in [0, 0.1) is 13.8 Å². The topological polar surface area (TPSA) is 84.5 Å². The highest BCUT2D eigenvalue weighted by Gasteiger charge is 2.13. The third-order valence-corrected chi connectivity index (χ3v) is 3.88. The molecule has 1 aromatic heterocycles. The van der Waals surface area contributed by atoms with Crippen molar-refractivity contribution in [1.82, 2.24) is 5.32 Å². The Labute approximate surface area is 137 Å². The summed E-state index contributed by atoms with van der Waals surface area (Å²) >= 11 is 1.35. The van der Waals surface area contributed by atoms with E-state index in [1.54, 1.807) is 22.9 Å². The number of amides is 3. The van der Waals surface area contributed by atoms with Crippen molar-refractivity contribution in [2.45, 2.75) is 13.8 Å². The van der Waals surface area contributed by atoms with Gasteiger partial charge in [0.05, 0.1) is 5.56 Å². The maximum absolute atomic E-state index is 11.8. The van der Waals surface area contributed by atoms with Crippen molar-refractivity contribution in [3.05, 3.63) is 51.7 Å². The lowest BCUT2D eigenvalue weighted by molar-refractivity contribution is -0.123. The molecule has 0 saturated carbocycles. The minimum absolute atomic E-state index is 0.377. The molecular weight excluding hydrogens is 316 g/mol. The molecule has 0 radical (unpaired) electrons.